The molecule has 0 saturated carbocycles. The van der Waals surface area contributed by atoms with Crippen LogP contribution in [0.1, 0.15) is 47.2 Å². The van der Waals surface area contributed by atoms with Gasteiger partial charge in [0.1, 0.15) is 24.1 Å². The Hall–Kier alpha value is -4.79. The zero-order chi connectivity index (χ0) is 34.9. The van der Waals surface area contributed by atoms with Crippen molar-refractivity contribution in [1.82, 2.24) is 0 Å². The first-order chi connectivity index (χ1) is 24.4. The molecule has 1 aliphatic heterocycles. The number of para-hydroxylation sites is 1. The van der Waals surface area contributed by atoms with E-state index in [1.165, 1.54) is 12.1 Å². The highest BCUT2D eigenvalue weighted by atomic mass is 79.9. The number of aliphatic hydroxyl groups excluding tert-OH is 1. The van der Waals surface area contributed by atoms with Crippen LogP contribution in [-0.2, 0) is 27.4 Å². The van der Waals surface area contributed by atoms with E-state index < -0.39 is 35.8 Å². The van der Waals surface area contributed by atoms with Gasteiger partial charge in [-0.3, -0.25) is 9.59 Å². The number of halogens is 2. The standard InChI is InChI=1S/C42H39BrFNO5/c43-32-18-21-35(38(25-32)49-26-29-12-6-2-7-13-29)40(45-34-14-8-3-9-15-34)36(22-23-37(46)30-16-19-33(44)20-17-30)41(47)39-31(27-50-42(39)48)24-28-10-4-1-5-11-28/h1-21,25,31,36-37,39-40,45-46H,22-24,26-27H2/t31-,36+,37-,39?,40+/m0/s1. The van der Waals surface area contributed by atoms with Crippen molar-refractivity contribution in [3.8, 4) is 5.75 Å². The predicted molar refractivity (Wildman–Crippen MR) is 195 cm³/mol. The fourth-order valence-electron chi connectivity index (χ4n) is 6.64. The van der Waals surface area contributed by atoms with Crippen LogP contribution in [-0.4, -0.2) is 23.5 Å². The van der Waals surface area contributed by atoms with E-state index >= 15 is 0 Å². The Balaban J connectivity index is 1.40. The van der Waals surface area contributed by atoms with Crippen molar-refractivity contribution in [1.29, 1.82) is 0 Å². The van der Waals surface area contributed by atoms with Crippen LogP contribution >= 0.6 is 15.9 Å². The van der Waals surface area contributed by atoms with Crippen LogP contribution in [0.15, 0.2) is 138 Å². The smallest absolute Gasteiger partial charge is 0.316 e. The van der Waals surface area contributed by atoms with Crippen LogP contribution in [0.5, 0.6) is 5.75 Å². The number of esters is 1. The third-order valence-corrected chi connectivity index (χ3v) is 9.72. The molecule has 0 bridgehead atoms. The number of carbonyl (C=O) groups is 2. The average Bonchev–Trinajstić information content (AvgIpc) is 3.50. The molecule has 6 nitrogen and oxygen atoms in total. The fraction of sp³-hybridized carbons (Fsp3) is 0.238. The second-order valence-electron chi connectivity index (χ2n) is 12.7. The lowest BCUT2D eigenvalue weighted by molar-refractivity contribution is -0.146. The first kappa shape index (κ1) is 35.1. The second-order valence-corrected chi connectivity index (χ2v) is 13.6. The summed E-state index contributed by atoms with van der Waals surface area (Å²) >= 11 is 3.60. The van der Waals surface area contributed by atoms with Gasteiger partial charge in [0.2, 0.25) is 0 Å². The van der Waals surface area contributed by atoms with E-state index in [4.69, 9.17) is 9.47 Å². The number of hydrogen-bond donors (Lipinski definition) is 2. The number of carbonyl (C=O) groups excluding carboxylic acids is 2. The Bertz CT molecular complexity index is 1860. The minimum atomic E-state index is -0.993. The maximum absolute atomic E-state index is 15.0. The summed E-state index contributed by atoms with van der Waals surface area (Å²) in [4.78, 5) is 28.4. The Morgan fingerprint density at radius 1 is 0.860 bits per heavy atom. The van der Waals surface area contributed by atoms with Crippen molar-refractivity contribution in [3.05, 3.63) is 166 Å². The SMILES string of the molecule is O=C1OC[C@H](Cc2ccccc2)C1C(=O)[C@H](CC[C@H](O)c1ccc(F)cc1)[C@H](Nc1ccccc1)c1ccc(Br)cc1OCc1ccccc1. The van der Waals surface area contributed by atoms with E-state index in [0.29, 0.717) is 24.3 Å². The summed E-state index contributed by atoms with van der Waals surface area (Å²) in [6.45, 7) is 0.452. The van der Waals surface area contributed by atoms with Gasteiger partial charge in [0, 0.05) is 27.6 Å². The zero-order valence-corrected chi connectivity index (χ0v) is 29.0. The minimum absolute atomic E-state index is 0.148. The average molecular weight is 737 g/mol. The number of ketones is 1. The molecule has 50 heavy (non-hydrogen) atoms. The van der Waals surface area contributed by atoms with E-state index in [9.17, 15) is 19.1 Å². The van der Waals surface area contributed by atoms with Crippen LogP contribution < -0.4 is 10.1 Å². The molecule has 5 aromatic rings. The lowest BCUT2D eigenvalue weighted by Crippen LogP contribution is -2.37. The van der Waals surface area contributed by atoms with Gasteiger partial charge in [-0.25, -0.2) is 4.39 Å². The van der Waals surface area contributed by atoms with Gasteiger partial charge in [-0.2, -0.15) is 0 Å². The summed E-state index contributed by atoms with van der Waals surface area (Å²) in [5.41, 5.74) is 4.05. The van der Waals surface area contributed by atoms with E-state index in [0.717, 1.165) is 26.9 Å². The monoisotopic (exact) mass is 735 g/mol. The highest BCUT2D eigenvalue weighted by Crippen LogP contribution is 2.42. The second kappa shape index (κ2) is 16.7. The first-order valence-electron chi connectivity index (χ1n) is 16.8. The molecule has 2 N–H and O–H groups in total. The largest absolute Gasteiger partial charge is 0.489 e. The number of cyclic esters (lactones) is 1. The normalized spacial score (nSPS) is 17.4. The molecule has 1 saturated heterocycles. The van der Waals surface area contributed by atoms with E-state index in [1.807, 2.05) is 109 Å². The Kier molecular flexibility index (Phi) is 11.7. The van der Waals surface area contributed by atoms with Gasteiger partial charge < -0.3 is 19.9 Å². The van der Waals surface area contributed by atoms with Crippen molar-refractivity contribution < 1.29 is 28.6 Å². The molecular formula is C42H39BrFNO5. The number of rotatable bonds is 15. The molecule has 256 valence electrons. The molecule has 0 amide bonds. The van der Waals surface area contributed by atoms with Gasteiger partial charge in [-0.1, -0.05) is 113 Å². The van der Waals surface area contributed by atoms with Crippen LogP contribution in [0, 0.1) is 23.6 Å². The molecule has 8 heteroatoms. The quantitative estimate of drug-likeness (QED) is 0.0825. The lowest BCUT2D eigenvalue weighted by Gasteiger charge is -2.32. The lowest BCUT2D eigenvalue weighted by atomic mass is 9.75. The van der Waals surface area contributed by atoms with Crippen molar-refractivity contribution in [2.45, 2.75) is 38.0 Å². The molecule has 0 aliphatic carbocycles. The maximum atomic E-state index is 15.0. The van der Waals surface area contributed by atoms with Crippen LogP contribution in [0.4, 0.5) is 10.1 Å². The van der Waals surface area contributed by atoms with Crippen LogP contribution in [0.2, 0.25) is 0 Å². The molecule has 0 spiro atoms. The first-order valence-corrected chi connectivity index (χ1v) is 17.6. The van der Waals surface area contributed by atoms with Crippen molar-refractivity contribution >= 4 is 33.4 Å². The van der Waals surface area contributed by atoms with Gasteiger partial charge in [0.15, 0.2) is 5.78 Å². The third kappa shape index (κ3) is 8.86. The summed E-state index contributed by atoms with van der Waals surface area (Å²) < 4.78 is 26.5. The molecule has 5 aromatic carbocycles. The molecule has 1 unspecified atom stereocenters. The van der Waals surface area contributed by atoms with Crippen molar-refractivity contribution in [2.24, 2.45) is 17.8 Å². The molecule has 5 atom stereocenters. The highest BCUT2D eigenvalue weighted by molar-refractivity contribution is 9.10. The van der Waals surface area contributed by atoms with Gasteiger partial charge in [0.05, 0.1) is 18.8 Å². The third-order valence-electron chi connectivity index (χ3n) is 9.23. The Morgan fingerprint density at radius 3 is 2.18 bits per heavy atom. The van der Waals surface area contributed by atoms with Crippen LogP contribution in [0.25, 0.3) is 0 Å². The maximum Gasteiger partial charge on any atom is 0.316 e. The summed E-state index contributed by atoms with van der Waals surface area (Å²) in [6.07, 6.45) is -0.0407. The number of ether oxygens (including phenoxy) is 2. The molecule has 0 radical (unpaired) electrons. The highest BCUT2D eigenvalue weighted by Gasteiger charge is 2.47. The number of aliphatic hydroxyl groups is 1. The van der Waals surface area contributed by atoms with Gasteiger partial charge in [-0.15, -0.1) is 0 Å². The summed E-state index contributed by atoms with van der Waals surface area (Å²) in [5.74, 6) is -2.75. The van der Waals surface area contributed by atoms with Crippen molar-refractivity contribution in [3.63, 3.8) is 0 Å². The van der Waals surface area contributed by atoms with Gasteiger partial charge in [0.25, 0.3) is 0 Å². The van der Waals surface area contributed by atoms with E-state index in [-0.39, 0.29) is 31.1 Å². The molecule has 0 aromatic heterocycles. The Labute approximate surface area is 300 Å². The van der Waals surface area contributed by atoms with Gasteiger partial charge in [-0.05, 0) is 72.4 Å². The molecule has 1 fully saturated rings. The summed E-state index contributed by atoms with van der Waals surface area (Å²) in [7, 11) is 0. The van der Waals surface area contributed by atoms with Crippen molar-refractivity contribution in [2.75, 3.05) is 11.9 Å². The number of hydrogen-bond acceptors (Lipinski definition) is 6. The summed E-state index contributed by atoms with van der Waals surface area (Å²) in [6, 6.07) is 39.9. The molecule has 1 aliphatic rings. The molecule has 6 rings (SSSR count). The molecular weight excluding hydrogens is 697 g/mol. The molecule has 1 heterocycles. The number of anilines is 1. The number of nitrogens with one attached hydrogen (secondary N) is 1. The van der Waals surface area contributed by atoms with Crippen LogP contribution in [0.3, 0.4) is 0 Å². The van der Waals surface area contributed by atoms with E-state index in [2.05, 4.69) is 21.2 Å². The van der Waals surface area contributed by atoms with Gasteiger partial charge >= 0.3 is 5.97 Å². The Morgan fingerprint density at radius 2 is 1.50 bits per heavy atom. The zero-order valence-electron chi connectivity index (χ0n) is 27.5. The number of Topliss-reactive ketones (excluding diaryl/α,β-unsaturated/α-hetero) is 1. The fourth-order valence-corrected chi connectivity index (χ4v) is 6.98. The topological polar surface area (TPSA) is 84.9 Å². The summed E-state index contributed by atoms with van der Waals surface area (Å²) in [5, 5.41) is 14.9. The number of benzene rings is 5. The van der Waals surface area contributed by atoms with E-state index in [1.54, 1.807) is 12.1 Å². The predicted octanol–water partition coefficient (Wildman–Crippen LogP) is 9.05. The minimum Gasteiger partial charge on any atom is -0.489 e.